The van der Waals surface area contributed by atoms with E-state index in [0.29, 0.717) is 10.3 Å². The van der Waals surface area contributed by atoms with Gasteiger partial charge in [-0.05, 0) is 102 Å². The van der Waals surface area contributed by atoms with Crippen molar-refractivity contribution in [2.45, 2.75) is 122 Å². The molecule has 1 aromatic rings. The van der Waals surface area contributed by atoms with E-state index in [0.717, 1.165) is 17.6 Å². The molecule has 200 valence electrons. The Morgan fingerprint density at radius 3 is 1.57 bits per heavy atom. The summed E-state index contributed by atoms with van der Waals surface area (Å²) in [6.07, 6.45) is 3.06. The van der Waals surface area contributed by atoms with Crippen LogP contribution in [0.25, 0.3) is 5.73 Å². The molecular formula is C28H51MnN2O2P2+2. The van der Waals surface area contributed by atoms with E-state index < -0.39 is 15.8 Å². The number of hydrogen-bond donors (Lipinski definition) is 0. The van der Waals surface area contributed by atoms with Crippen LogP contribution in [-0.4, -0.2) is 39.2 Å². The number of carbonyl (C=O) groups excluding carboxylic acids is 2. The number of rotatable bonds is 5. The van der Waals surface area contributed by atoms with Crippen molar-refractivity contribution >= 4 is 29.4 Å². The van der Waals surface area contributed by atoms with Gasteiger partial charge in [0.1, 0.15) is 5.66 Å². The summed E-state index contributed by atoms with van der Waals surface area (Å²) in [7, 11) is -1.68. The van der Waals surface area contributed by atoms with Crippen LogP contribution in [-0.2, 0) is 32.8 Å². The number of hydrogen-bond acceptors (Lipinski definition) is 3. The first-order valence-electron chi connectivity index (χ1n) is 11.9. The number of allylic oxidation sites excluding steroid dienone is 2. The zero-order valence-corrected chi connectivity index (χ0v) is 27.6. The first-order chi connectivity index (χ1) is 15.3. The molecule has 1 atom stereocenters. The summed E-state index contributed by atoms with van der Waals surface area (Å²) in [6.45, 7) is 37.0. The minimum atomic E-state index is -0.988. The van der Waals surface area contributed by atoms with E-state index in [2.05, 4.69) is 115 Å². The Morgan fingerprint density at radius 2 is 1.26 bits per heavy atom. The Hall–Kier alpha value is -0.591. The number of nitrogens with zero attached hydrogens (tertiary/aromatic N) is 1. The summed E-state index contributed by atoms with van der Waals surface area (Å²) in [4.78, 5) is 20.7. The van der Waals surface area contributed by atoms with Crippen LogP contribution in [0.1, 0.15) is 107 Å². The van der Waals surface area contributed by atoms with Crippen molar-refractivity contribution in [2.24, 2.45) is 0 Å². The summed E-state index contributed by atoms with van der Waals surface area (Å²) in [5.41, 5.74) is 12.0. The fourth-order valence-electron chi connectivity index (χ4n) is 5.21. The zero-order chi connectivity index (χ0) is 27.7. The first kappa shape index (κ1) is 38.9. The second-order valence-electron chi connectivity index (χ2n) is 12.8. The van der Waals surface area contributed by atoms with Gasteiger partial charge in [-0.3, -0.25) is 13.6 Å². The molecule has 4 nitrogen and oxygen atoms in total. The van der Waals surface area contributed by atoms with E-state index in [4.69, 9.17) is 20.3 Å². The molecule has 1 N–H and O–H groups in total. The molecule has 1 rings (SSSR count). The maximum absolute atomic E-state index is 8.87. The van der Waals surface area contributed by atoms with Gasteiger partial charge in [-0.25, -0.2) is 4.98 Å². The van der Waals surface area contributed by atoms with Crippen LogP contribution in [0, 0.1) is 0 Å². The molecule has 1 heterocycles. The van der Waals surface area contributed by atoms with Gasteiger partial charge in [0.2, 0.25) is 0 Å². The molecule has 0 radical (unpaired) electrons. The molecule has 0 bridgehead atoms. The summed E-state index contributed by atoms with van der Waals surface area (Å²) in [5, 5.41) is 0.976. The average molecular weight is 565 g/mol. The molecule has 0 amide bonds. The van der Waals surface area contributed by atoms with Crippen LogP contribution in [0.3, 0.4) is 0 Å². The van der Waals surface area contributed by atoms with Gasteiger partial charge in [-0.15, -0.1) is 11.8 Å². The minimum Gasteiger partial charge on any atom is -0.699 e. The summed E-state index contributed by atoms with van der Waals surface area (Å²) >= 11 is 0. The summed E-state index contributed by atoms with van der Waals surface area (Å²) in [5.74, 6) is 0. The second-order valence-corrected chi connectivity index (χ2v) is 21.5. The van der Waals surface area contributed by atoms with Crippen LogP contribution < -0.4 is 0 Å². The first-order valence-corrected chi connectivity index (χ1v) is 15.1. The van der Waals surface area contributed by atoms with Gasteiger partial charge in [-0.2, -0.15) is 0 Å². The predicted octanol–water partition coefficient (Wildman–Crippen LogP) is 8.65. The third kappa shape index (κ3) is 12.5. The molecule has 0 fully saturated rings. The van der Waals surface area contributed by atoms with Gasteiger partial charge in [0, 0.05) is 15.8 Å². The molecule has 1 aromatic heterocycles. The Kier molecular flexibility index (Phi) is 17.4. The number of aromatic nitrogens is 1. The van der Waals surface area contributed by atoms with E-state index in [1.54, 1.807) is 0 Å². The molecule has 0 aliphatic carbocycles. The number of nitrogens with one attached hydrogen (secondary N) is 1. The van der Waals surface area contributed by atoms with E-state index >= 15 is 0 Å². The minimum absolute atomic E-state index is 0. The molecular weight excluding hydrogens is 513 g/mol. The van der Waals surface area contributed by atoms with Crippen molar-refractivity contribution in [2.75, 3.05) is 0 Å². The van der Waals surface area contributed by atoms with Gasteiger partial charge in [0.15, 0.2) is 0 Å². The van der Waals surface area contributed by atoms with Crippen molar-refractivity contribution in [3.05, 3.63) is 47.1 Å². The smallest absolute Gasteiger partial charge is 0.699 e. The van der Waals surface area contributed by atoms with Crippen LogP contribution in [0.15, 0.2) is 30.0 Å². The molecule has 0 saturated carbocycles. The quantitative estimate of drug-likeness (QED) is 0.156. The Balaban J connectivity index is -0.00000194. The van der Waals surface area contributed by atoms with Crippen molar-refractivity contribution in [1.82, 2.24) is 4.98 Å². The Morgan fingerprint density at radius 1 is 0.857 bits per heavy atom. The Labute approximate surface area is 230 Å². The van der Waals surface area contributed by atoms with Gasteiger partial charge in [-0.1, -0.05) is 6.07 Å². The number of pyridine rings is 1. The van der Waals surface area contributed by atoms with E-state index in [1.165, 1.54) is 5.69 Å². The summed E-state index contributed by atoms with van der Waals surface area (Å²) in [6, 6.07) is 6.57. The molecule has 0 aliphatic heterocycles. The molecule has 0 aromatic carbocycles. The Bertz CT molecular complexity index is 743. The van der Waals surface area contributed by atoms with Crippen molar-refractivity contribution in [3.63, 3.8) is 0 Å². The topological polar surface area (TPSA) is 70.8 Å². The van der Waals surface area contributed by atoms with Crippen LogP contribution >= 0.6 is 15.8 Å². The maximum Gasteiger partial charge on any atom is 3.00 e. The van der Waals surface area contributed by atoms with Crippen LogP contribution in [0.2, 0.25) is 0 Å². The van der Waals surface area contributed by atoms with Gasteiger partial charge >= 0.3 is 17.1 Å². The fraction of sp³-hybridized carbons (Fsp3) is 0.679. The van der Waals surface area contributed by atoms with Crippen LogP contribution in [0.4, 0.5) is 0 Å². The average Bonchev–Trinajstić information content (AvgIpc) is 2.69. The molecule has 0 aliphatic rings. The van der Waals surface area contributed by atoms with E-state index in [9.17, 15) is 0 Å². The second kappa shape index (κ2) is 15.6. The molecule has 7 heteroatoms. The van der Waals surface area contributed by atoms with Crippen molar-refractivity contribution in [1.29, 1.82) is 0 Å². The fourth-order valence-corrected chi connectivity index (χ4v) is 14.0. The van der Waals surface area contributed by atoms with E-state index in [-0.39, 0.29) is 33.0 Å². The van der Waals surface area contributed by atoms with Crippen LogP contribution in [0.5, 0.6) is 0 Å². The van der Waals surface area contributed by atoms with Crippen molar-refractivity contribution < 1.29 is 26.7 Å². The molecule has 0 saturated heterocycles. The third-order valence-corrected chi connectivity index (χ3v) is 14.6. The predicted molar refractivity (Wildman–Crippen MR) is 158 cm³/mol. The van der Waals surface area contributed by atoms with Gasteiger partial charge in [0.25, 0.3) is 0 Å². The summed E-state index contributed by atoms with van der Waals surface area (Å²) < 4.78 is 0. The maximum atomic E-state index is 8.87. The molecule has 0 spiro atoms. The third-order valence-electron chi connectivity index (χ3n) is 5.82. The van der Waals surface area contributed by atoms with Crippen molar-refractivity contribution in [3.8, 4) is 0 Å². The SMILES string of the molecule is CC=C([NH-])C(c1cccc(C[PH+](C(C)(C)C)C(C)(C)C)n1)[PH+](C(C)(C)C)C(C)(C)C.[CH-]=O.[CH-]=O.[Mn+3]. The molecule has 1 unspecified atom stereocenters. The van der Waals surface area contributed by atoms with Gasteiger partial charge < -0.3 is 15.3 Å². The zero-order valence-electron chi connectivity index (χ0n) is 24.4. The van der Waals surface area contributed by atoms with Gasteiger partial charge in [0.05, 0.1) is 38.2 Å². The standard InChI is InChI=1S/C26H47N2P2.2CHO.Mn/c1-14-20(27)22(30(25(8,9)10)26(11,12)13)21-17-15-16-19(28-21)18-29(23(2,3)4)24(5,6)7;2*1-2;/h14-17,22,27H,18H2,1-13H3;2*1H;/q3*-1;+3/p+2. The normalized spacial score (nSPS) is 13.7. The largest absolute Gasteiger partial charge is 3.00 e. The van der Waals surface area contributed by atoms with E-state index in [1.807, 2.05) is 13.0 Å². The molecule has 35 heavy (non-hydrogen) atoms. The monoisotopic (exact) mass is 564 g/mol.